The van der Waals surface area contributed by atoms with Crippen LogP contribution in [0, 0.1) is 0 Å². The summed E-state index contributed by atoms with van der Waals surface area (Å²) in [5.41, 5.74) is 0.902. The lowest BCUT2D eigenvalue weighted by atomic mass is 9.95. The van der Waals surface area contributed by atoms with E-state index >= 15 is 0 Å². The molecule has 1 atom stereocenters. The van der Waals surface area contributed by atoms with Gasteiger partial charge in [0.25, 0.3) is 0 Å². The molecule has 3 nitrogen and oxygen atoms in total. The maximum Gasteiger partial charge on any atom is 0.401 e. The van der Waals surface area contributed by atoms with Gasteiger partial charge >= 0.3 is 6.18 Å². The minimum absolute atomic E-state index is 0.132. The van der Waals surface area contributed by atoms with Crippen molar-refractivity contribution in [2.45, 2.75) is 24.9 Å². The Bertz CT molecular complexity index is 372. The van der Waals surface area contributed by atoms with Gasteiger partial charge in [0.05, 0.1) is 12.2 Å². The molecule has 0 aliphatic carbocycles. The minimum atomic E-state index is -4.11. The van der Waals surface area contributed by atoms with Crippen LogP contribution in [-0.4, -0.2) is 40.5 Å². The normalized spacial score (nSPS) is 22.9. The van der Waals surface area contributed by atoms with Crippen molar-refractivity contribution >= 4 is 0 Å². The topological polar surface area (TPSA) is 21.1 Å². The van der Waals surface area contributed by atoms with Crippen molar-refractivity contribution in [2.75, 3.05) is 19.6 Å². The number of alkyl halides is 3. The first-order valence-electron chi connectivity index (χ1n) is 5.73. The highest BCUT2D eigenvalue weighted by atomic mass is 19.4. The van der Waals surface area contributed by atoms with Gasteiger partial charge in [-0.3, -0.25) is 9.58 Å². The zero-order valence-electron chi connectivity index (χ0n) is 9.74. The number of aromatic nitrogens is 2. The van der Waals surface area contributed by atoms with Crippen LogP contribution < -0.4 is 0 Å². The van der Waals surface area contributed by atoms with Gasteiger partial charge < -0.3 is 0 Å². The van der Waals surface area contributed by atoms with Crippen LogP contribution in [0.4, 0.5) is 13.2 Å². The predicted molar refractivity (Wildman–Crippen MR) is 57.7 cm³/mol. The van der Waals surface area contributed by atoms with Crippen LogP contribution in [0.2, 0.25) is 0 Å². The molecule has 2 rings (SSSR count). The lowest BCUT2D eigenvalue weighted by molar-refractivity contribution is -0.148. The molecule has 96 valence electrons. The molecule has 6 heteroatoms. The van der Waals surface area contributed by atoms with Gasteiger partial charge in [0, 0.05) is 25.7 Å². The smallest absolute Gasteiger partial charge is 0.294 e. The zero-order valence-corrected chi connectivity index (χ0v) is 9.74. The van der Waals surface area contributed by atoms with Gasteiger partial charge in [-0.15, -0.1) is 0 Å². The van der Waals surface area contributed by atoms with E-state index in [0.717, 1.165) is 18.5 Å². The van der Waals surface area contributed by atoms with Crippen molar-refractivity contribution in [1.29, 1.82) is 0 Å². The highest BCUT2D eigenvalue weighted by Crippen LogP contribution is 2.27. The molecule has 0 saturated carbocycles. The predicted octanol–water partition coefficient (Wildman–Crippen LogP) is 2.16. The van der Waals surface area contributed by atoms with Crippen molar-refractivity contribution in [1.82, 2.24) is 14.7 Å². The number of aryl methyl sites for hydroxylation is 1. The van der Waals surface area contributed by atoms with E-state index in [2.05, 4.69) is 5.10 Å². The highest BCUT2D eigenvalue weighted by Gasteiger charge is 2.33. The third-order valence-corrected chi connectivity index (χ3v) is 3.06. The van der Waals surface area contributed by atoms with Crippen LogP contribution >= 0.6 is 0 Å². The van der Waals surface area contributed by atoms with Crippen LogP contribution in [0.25, 0.3) is 0 Å². The number of halogens is 3. The minimum Gasteiger partial charge on any atom is -0.294 e. The monoisotopic (exact) mass is 247 g/mol. The largest absolute Gasteiger partial charge is 0.401 e. The maximum atomic E-state index is 12.3. The molecule has 1 saturated heterocycles. The Labute approximate surface area is 98.2 Å². The standard InChI is InChI=1S/C11H16F3N3/c1-16-6-4-10(15-16)9-3-2-5-17(7-9)8-11(12,13)14/h4,6,9H,2-3,5,7-8H2,1H3/t9-/m1/s1. The van der Waals surface area contributed by atoms with Gasteiger partial charge in [-0.25, -0.2) is 0 Å². The number of piperidine rings is 1. The third kappa shape index (κ3) is 3.46. The quantitative estimate of drug-likeness (QED) is 0.798. The fourth-order valence-electron chi connectivity index (χ4n) is 2.34. The Morgan fingerprint density at radius 3 is 2.82 bits per heavy atom. The van der Waals surface area contributed by atoms with E-state index in [1.165, 1.54) is 4.90 Å². The van der Waals surface area contributed by atoms with E-state index in [1.807, 2.05) is 19.3 Å². The summed E-state index contributed by atoms with van der Waals surface area (Å²) >= 11 is 0. The highest BCUT2D eigenvalue weighted by molar-refractivity contribution is 5.08. The van der Waals surface area contributed by atoms with Crippen molar-refractivity contribution in [3.63, 3.8) is 0 Å². The average Bonchev–Trinajstić information content (AvgIpc) is 2.63. The van der Waals surface area contributed by atoms with Crippen LogP contribution in [0.15, 0.2) is 12.3 Å². The Hall–Kier alpha value is -1.04. The van der Waals surface area contributed by atoms with Gasteiger partial charge in [0.2, 0.25) is 0 Å². The first-order chi connectivity index (χ1) is 7.94. The van der Waals surface area contributed by atoms with E-state index in [-0.39, 0.29) is 5.92 Å². The Morgan fingerprint density at radius 1 is 1.47 bits per heavy atom. The molecule has 1 aromatic heterocycles. The van der Waals surface area contributed by atoms with Crippen LogP contribution in [0.3, 0.4) is 0 Å². The molecular weight excluding hydrogens is 231 g/mol. The molecule has 17 heavy (non-hydrogen) atoms. The second-order valence-corrected chi connectivity index (χ2v) is 4.60. The Morgan fingerprint density at radius 2 is 2.24 bits per heavy atom. The number of likely N-dealkylation sites (tertiary alicyclic amines) is 1. The van der Waals surface area contributed by atoms with E-state index in [9.17, 15) is 13.2 Å². The number of hydrogen-bond donors (Lipinski definition) is 0. The molecule has 0 spiro atoms. The number of nitrogens with zero attached hydrogens (tertiary/aromatic N) is 3. The number of rotatable bonds is 2. The van der Waals surface area contributed by atoms with Crippen molar-refractivity contribution in [3.8, 4) is 0 Å². The van der Waals surface area contributed by atoms with E-state index in [0.29, 0.717) is 13.1 Å². The summed E-state index contributed by atoms with van der Waals surface area (Å²) in [7, 11) is 1.82. The third-order valence-electron chi connectivity index (χ3n) is 3.06. The Kier molecular flexibility index (Phi) is 3.42. The van der Waals surface area contributed by atoms with E-state index in [4.69, 9.17) is 0 Å². The summed E-state index contributed by atoms with van der Waals surface area (Å²) in [4.78, 5) is 1.48. The van der Waals surface area contributed by atoms with E-state index in [1.54, 1.807) is 4.68 Å². The molecule has 1 fully saturated rings. The van der Waals surface area contributed by atoms with Crippen LogP contribution in [0.1, 0.15) is 24.5 Å². The lowest BCUT2D eigenvalue weighted by Crippen LogP contribution is -2.40. The maximum absolute atomic E-state index is 12.3. The molecule has 0 aromatic carbocycles. The molecule has 0 radical (unpaired) electrons. The molecule has 0 amide bonds. The van der Waals surface area contributed by atoms with Crippen molar-refractivity contribution in [2.24, 2.45) is 7.05 Å². The molecule has 1 aliphatic rings. The summed E-state index contributed by atoms with van der Waals surface area (Å²) in [6, 6.07) is 1.89. The Balaban J connectivity index is 1.97. The molecule has 0 bridgehead atoms. The SMILES string of the molecule is Cn1ccc([C@@H]2CCCN(CC(F)(F)F)C2)n1. The zero-order chi connectivity index (χ0) is 12.5. The summed E-state index contributed by atoms with van der Waals surface area (Å²) in [5.74, 6) is 0.132. The van der Waals surface area contributed by atoms with E-state index < -0.39 is 12.7 Å². The van der Waals surface area contributed by atoms with Crippen molar-refractivity contribution < 1.29 is 13.2 Å². The van der Waals surface area contributed by atoms with Gasteiger partial charge in [-0.2, -0.15) is 18.3 Å². The van der Waals surface area contributed by atoms with Gasteiger partial charge in [-0.1, -0.05) is 0 Å². The first-order valence-corrected chi connectivity index (χ1v) is 5.73. The summed E-state index contributed by atoms with van der Waals surface area (Å²) < 4.78 is 38.6. The number of hydrogen-bond acceptors (Lipinski definition) is 2. The molecule has 0 unspecified atom stereocenters. The van der Waals surface area contributed by atoms with Crippen LogP contribution in [-0.2, 0) is 7.05 Å². The summed E-state index contributed by atoms with van der Waals surface area (Å²) in [6.45, 7) is 0.176. The molecule has 1 aliphatic heterocycles. The second kappa shape index (κ2) is 4.68. The van der Waals surface area contributed by atoms with Crippen LogP contribution in [0.5, 0.6) is 0 Å². The van der Waals surface area contributed by atoms with Gasteiger partial charge in [-0.05, 0) is 25.5 Å². The van der Waals surface area contributed by atoms with Crippen molar-refractivity contribution in [3.05, 3.63) is 18.0 Å². The molecule has 1 aromatic rings. The molecule has 2 heterocycles. The van der Waals surface area contributed by atoms with Gasteiger partial charge in [0.15, 0.2) is 0 Å². The first kappa shape index (κ1) is 12.4. The molecule has 0 N–H and O–H groups in total. The van der Waals surface area contributed by atoms with Gasteiger partial charge in [0.1, 0.15) is 0 Å². The summed E-state index contributed by atoms with van der Waals surface area (Å²) in [6.07, 6.45) is -0.549. The fraction of sp³-hybridized carbons (Fsp3) is 0.727. The second-order valence-electron chi connectivity index (χ2n) is 4.60. The lowest BCUT2D eigenvalue weighted by Gasteiger charge is -2.32. The summed E-state index contributed by atoms with van der Waals surface area (Å²) in [5, 5.41) is 4.27. The molecular formula is C11H16F3N3. The fourth-order valence-corrected chi connectivity index (χ4v) is 2.34. The average molecular weight is 247 g/mol.